The molecule has 1 heterocycles. The highest BCUT2D eigenvalue weighted by molar-refractivity contribution is 5.88. The third-order valence-corrected chi connectivity index (χ3v) is 5.40. The summed E-state index contributed by atoms with van der Waals surface area (Å²) in [6.45, 7) is 0.959. The van der Waals surface area contributed by atoms with Gasteiger partial charge in [0.1, 0.15) is 5.75 Å². The lowest BCUT2D eigenvalue weighted by Gasteiger charge is -2.15. The smallest absolute Gasteiger partial charge is 0.410 e. The molecule has 27 heavy (non-hydrogen) atoms. The Morgan fingerprint density at radius 2 is 2.04 bits per heavy atom. The zero-order valence-corrected chi connectivity index (χ0v) is 15.8. The Labute approximate surface area is 159 Å². The van der Waals surface area contributed by atoms with Gasteiger partial charge in [-0.05, 0) is 55.1 Å². The Balaban J connectivity index is 1.53. The average Bonchev–Trinajstić information content (AvgIpc) is 3.23. The van der Waals surface area contributed by atoms with Crippen molar-refractivity contribution in [1.29, 1.82) is 0 Å². The molecule has 1 aliphatic rings. The van der Waals surface area contributed by atoms with Gasteiger partial charge in [0, 0.05) is 36.7 Å². The number of carbonyl (C=O) groups excluding carboxylic acids is 1. The summed E-state index contributed by atoms with van der Waals surface area (Å²) in [6.07, 6.45) is 2.73. The monoisotopic (exact) mass is 363 g/mol. The van der Waals surface area contributed by atoms with Crippen molar-refractivity contribution in [2.75, 3.05) is 13.6 Å². The van der Waals surface area contributed by atoms with Gasteiger partial charge in [0.05, 0.1) is 0 Å². The number of aromatic nitrogens is 1. The molecule has 1 aromatic heterocycles. The van der Waals surface area contributed by atoms with Crippen LogP contribution in [0, 0.1) is 0 Å². The fourth-order valence-corrected chi connectivity index (χ4v) is 4.11. The maximum absolute atomic E-state index is 11.5. The predicted molar refractivity (Wildman–Crippen MR) is 107 cm³/mol. The molecule has 0 spiro atoms. The second-order valence-corrected chi connectivity index (χ2v) is 7.02. The first-order valence-electron chi connectivity index (χ1n) is 9.45. The number of fused-ring (bicyclic) bond motifs is 3. The number of aryl methyl sites for hydroxylation is 2. The van der Waals surface area contributed by atoms with Gasteiger partial charge < -0.3 is 19.9 Å². The maximum atomic E-state index is 11.5. The van der Waals surface area contributed by atoms with Crippen LogP contribution in [-0.4, -0.2) is 24.3 Å². The van der Waals surface area contributed by atoms with Crippen molar-refractivity contribution < 1.29 is 9.53 Å². The van der Waals surface area contributed by atoms with E-state index in [-0.39, 0.29) is 0 Å². The third-order valence-electron chi connectivity index (χ3n) is 5.40. The van der Waals surface area contributed by atoms with E-state index in [1.165, 1.54) is 27.7 Å². The standard InChI is InChI=1S/C22H25N3O2/c1-23-22(26)27-16-8-11-20-18(14-16)17-9-10-19(21(17)25(20)2)24-13-12-15-6-4-3-5-7-15/h3-8,11,14,19,24H,9-10,12-13H2,1-2H3,(H,23,26). The van der Waals surface area contributed by atoms with Crippen molar-refractivity contribution in [2.45, 2.75) is 25.3 Å². The number of hydrogen-bond donors (Lipinski definition) is 2. The first-order valence-corrected chi connectivity index (χ1v) is 9.45. The van der Waals surface area contributed by atoms with Crippen LogP contribution in [0.25, 0.3) is 10.9 Å². The number of nitrogens with one attached hydrogen (secondary N) is 2. The van der Waals surface area contributed by atoms with Crippen LogP contribution in [-0.2, 0) is 19.9 Å². The highest BCUT2D eigenvalue weighted by Crippen LogP contribution is 2.39. The molecule has 1 atom stereocenters. The zero-order valence-electron chi connectivity index (χ0n) is 15.8. The van der Waals surface area contributed by atoms with Crippen LogP contribution in [0.5, 0.6) is 5.75 Å². The quantitative estimate of drug-likeness (QED) is 0.726. The van der Waals surface area contributed by atoms with E-state index in [0.717, 1.165) is 25.8 Å². The second kappa shape index (κ2) is 7.45. The van der Waals surface area contributed by atoms with Crippen molar-refractivity contribution in [3.8, 4) is 5.75 Å². The summed E-state index contributed by atoms with van der Waals surface area (Å²) < 4.78 is 7.59. The molecule has 0 radical (unpaired) electrons. The first kappa shape index (κ1) is 17.6. The molecule has 0 saturated carbocycles. The minimum Gasteiger partial charge on any atom is -0.410 e. The normalized spacial score (nSPS) is 15.7. The molecule has 5 nitrogen and oxygen atoms in total. The van der Waals surface area contributed by atoms with Crippen LogP contribution in [0.1, 0.15) is 29.3 Å². The lowest BCUT2D eigenvalue weighted by molar-refractivity contribution is 0.203. The number of amides is 1. The summed E-state index contributed by atoms with van der Waals surface area (Å²) in [4.78, 5) is 11.5. The van der Waals surface area contributed by atoms with E-state index in [4.69, 9.17) is 4.74 Å². The van der Waals surface area contributed by atoms with Crippen molar-refractivity contribution >= 4 is 17.0 Å². The van der Waals surface area contributed by atoms with Gasteiger partial charge in [0.2, 0.25) is 0 Å². The van der Waals surface area contributed by atoms with Crippen LogP contribution in [0.15, 0.2) is 48.5 Å². The highest BCUT2D eigenvalue weighted by Gasteiger charge is 2.28. The number of rotatable bonds is 5. The van der Waals surface area contributed by atoms with E-state index >= 15 is 0 Å². The molecule has 0 saturated heterocycles. The van der Waals surface area contributed by atoms with Gasteiger partial charge in [-0.25, -0.2) is 4.79 Å². The number of nitrogens with zero attached hydrogens (tertiary/aromatic N) is 1. The van der Waals surface area contributed by atoms with Crippen molar-refractivity contribution in [2.24, 2.45) is 7.05 Å². The maximum Gasteiger partial charge on any atom is 0.412 e. The minimum absolute atomic E-state index is 0.365. The van der Waals surface area contributed by atoms with Gasteiger partial charge >= 0.3 is 6.09 Å². The molecule has 3 aromatic rings. The van der Waals surface area contributed by atoms with Crippen molar-refractivity contribution in [1.82, 2.24) is 15.2 Å². The van der Waals surface area contributed by atoms with Crippen LogP contribution in [0.2, 0.25) is 0 Å². The summed E-state index contributed by atoms with van der Waals surface area (Å²) in [5, 5.41) is 7.40. The van der Waals surface area contributed by atoms with Gasteiger partial charge in [-0.15, -0.1) is 0 Å². The molecule has 0 bridgehead atoms. The molecular formula is C22H25N3O2. The fraction of sp³-hybridized carbons (Fsp3) is 0.318. The van der Waals surface area contributed by atoms with E-state index < -0.39 is 6.09 Å². The molecule has 0 fully saturated rings. The fourth-order valence-electron chi connectivity index (χ4n) is 4.11. The van der Waals surface area contributed by atoms with Gasteiger partial charge in [-0.3, -0.25) is 0 Å². The van der Waals surface area contributed by atoms with E-state index in [9.17, 15) is 4.79 Å². The molecule has 5 heteroatoms. The van der Waals surface area contributed by atoms with E-state index in [1.54, 1.807) is 7.05 Å². The second-order valence-electron chi connectivity index (χ2n) is 7.02. The zero-order chi connectivity index (χ0) is 18.8. The van der Waals surface area contributed by atoms with Crippen LogP contribution >= 0.6 is 0 Å². The SMILES string of the molecule is CNC(=O)Oc1ccc2c(c1)c1c(n2C)C(NCCc2ccccc2)CC1. The molecule has 1 aliphatic carbocycles. The van der Waals surface area contributed by atoms with Crippen LogP contribution in [0.4, 0.5) is 4.79 Å². The lowest BCUT2D eigenvalue weighted by Crippen LogP contribution is -2.23. The molecule has 2 N–H and O–H groups in total. The van der Waals surface area contributed by atoms with E-state index in [0.29, 0.717) is 11.8 Å². The van der Waals surface area contributed by atoms with Crippen molar-refractivity contribution in [3.05, 3.63) is 65.4 Å². The van der Waals surface area contributed by atoms with Gasteiger partial charge in [-0.2, -0.15) is 0 Å². The van der Waals surface area contributed by atoms with E-state index in [2.05, 4.69) is 52.6 Å². The number of carbonyl (C=O) groups is 1. The number of benzene rings is 2. The Hall–Kier alpha value is -2.79. The molecule has 1 unspecified atom stereocenters. The molecule has 2 aromatic carbocycles. The third kappa shape index (κ3) is 3.43. The Bertz CT molecular complexity index is 963. The average molecular weight is 363 g/mol. The number of hydrogen-bond acceptors (Lipinski definition) is 3. The molecular weight excluding hydrogens is 338 g/mol. The van der Waals surface area contributed by atoms with Gasteiger partial charge in [-0.1, -0.05) is 30.3 Å². The lowest BCUT2D eigenvalue weighted by atomic mass is 10.1. The predicted octanol–water partition coefficient (Wildman–Crippen LogP) is 3.72. The van der Waals surface area contributed by atoms with Gasteiger partial charge in [0.25, 0.3) is 0 Å². The minimum atomic E-state index is -0.442. The Morgan fingerprint density at radius 3 is 2.81 bits per heavy atom. The topological polar surface area (TPSA) is 55.3 Å². The molecule has 1 amide bonds. The van der Waals surface area contributed by atoms with Crippen molar-refractivity contribution in [3.63, 3.8) is 0 Å². The molecule has 0 aliphatic heterocycles. The number of ether oxygens (including phenoxy) is 1. The largest absolute Gasteiger partial charge is 0.412 e. The van der Waals surface area contributed by atoms with E-state index in [1.807, 2.05) is 18.2 Å². The van der Waals surface area contributed by atoms with Crippen LogP contribution in [0.3, 0.4) is 0 Å². The highest BCUT2D eigenvalue weighted by atomic mass is 16.5. The summed E-state index contributed by atoms with van der Waals surface area (Å²) in [6, 6.07) is 16.8. The summed E-state index contributed by atoms with van der Waals surface area (Å²) >= 11 is 0. The summed E-state index contributed by atoms with van der Waals surface area (Å²) in [5.41, 5.74) is 5.26. The van der Waals surface area contributed by atoms with Gasteiger partial charge in [0.15, 0.2) is 0 Å². The Morgan fingerprint density at radius 1 is 1.22 bits per heavy atom. The molecule has 140 valence electrons. The first-order chi connectivity index (χ1) is 13.2. The summed E-state index contributed by atoms with van der Waals surface area (Å²) in [7, 11) is 3.68. The van der Waals surface area contributed by atoms with Crippen LogP contribution < -0.4 is 15.4 Å². The Kier molecular flexibility index (Phi) is 4.86. The molecule has 4 rings (SSSR count). The summed E-state index contributed by atoms with van der Waals surface area (Å²) in [5.74, 6) is 0.579.